The molecule has 1 atom stereocenters. The number of aromatic nitrogens is 3. The molecule has 128 valence electrons. The molecule has 0 amide bonds. The van der Waals surface area contributed by atoms with Crippen LogP contribution in [0.4, 0.5) is 0 Å². The summed E-state index contributed by atoms with van der Waals surface area (Å²) in [6.07, 6.45) is 5.19. The van der Waals surface area contributed by atoms with Crippen LogP contribution in [0.1, 0.15) is 19.8 Å². The molecule has 0 aliphatic carbocycles. The molecule has 1 aliphatic rings. The topological polar surface area (TPSA) is 73.4 Å². The van der Waals surface area contributed by atoms with Gasteiger partial charge in [0.1, 0.15) is 0 Å². The minimum absolute atomic E-state index is 0.0856. The summed E-state index contributed by atoms with van der Waals surface area (Å²) in [4.78, 5) is 18.5. The van der Waals surface area contributed by atoms with Gasteiger partial charge in [0.15, 0.2) is 0 Å². The first-order valence-corrected chi connectivity index (χ1v) is 8.45. The summed E-state index contributed by atoms with van der Waals surface area (Å²) in [5.74, 6) is 0.242. The normalized spacial score (nSPS) is 18.5. The van der Waals surface area contributed by atoms with Gasteiger partial charge in [-0.15, -0.1) is 5.10 Å². The molecule has 8 heteroatoms. The molecule has 0 radical (unpaired) electrons. The Labute approximate surface area is 145 Å². The predicted octanol–water partition coefficient (Wildman–Crippen LogP) is 2.50. The molecule has 7 nitrogen and oxygen atoms in total. The lowest BCUT2D eigenvalue weighted by molar-refractivity contribution is -0.150. The molecular formula is C16H20N4O3S. The van der Waals surface area contributed by atoms with E-state index in [1.807, 2.05) is 19.1 Å². The fourth-order valence-corrected chi connectivity index (χ4v) is 3.00. The average molecular weight is 348 g/mol. The number of piperidine rings is 1. The van der Waals surface area contributed by atoms with Gasteiger partial charge < -0.3 is 9.15 Å². The Hall–Kier alpha value is -2.06. The Morgan fingerprint density at radius 2 is 2.42 bits per heavy atom. The molecule has 1 saturated heterocycles. The highest BCUT2D eigenvalue weighted by molar-refractivity contribution is 7.71. The second kappa shape index (κ2) is 7.67. The van der Waals surface area contributed by atoms with Gasteiger partial charge in [0.05, 0.1) is 24.8 Å². The van der Waals surface area contributed by atoms with Crippen molar-refractivity contribution in [1.82, 2.24) is 19.7 Å². The highest BCUT2D eigenvalue weighted by Gasteiger charge is 2.27. The van der Waals surface area contributed by atoms with E-state index in [9.17, 15) is 4.79 Å². The molecule has 24 heavy (non-hydrogen) atoms. The van der Waals surface area contributed by atoms with Gasteiger partial charge in [-0.05, 0) is 50.7 Å². The third-order valence-electron chi connectivity index (χ3n) is 3.97. The average Bonchev–Trinajstić information content (AvgIpc) is 2.97. The van der Waals surface area contributed by atoms with Gasteiger partial charge in [-0.25, -0.2) is 4.68 Å². The van der Waals surface area contributed by atoms with Crippen LogP contribution in [0, 0.1) is 10.8 Å². The van der Waals surface area contributed by atoms with Crippen LogP contribution in [-0.4, -0.2) is 45.3 Å². The van der Waals surface area contributed by atoms with Gasteiger partial charge in [0, 0.05) is 18.9 Å². The quantitative estimate of drug-likeness (QED) is 0.607. The second-order valence-electron chi connectivity index (χ2n) is 5.72. The lowest BCUT2D eigenvalue weighted by Gasteiger charge is -2.30. The minimum atomic E-state index is -0.123. The SMILES string of the molecule is CCOC(=O)[C@H]1CCCN(Cn2nc(-c3cccnc3)oc2=S)C1. The van der Waals surface area contributed by atoms with Crippen molar-refractivity contribution in [1.29, 1.82) is 0 Å². The second-order valence-corrected chi connectivity index (χ2v) is 6.07. The Morgan fingerprint density at radius 1 is 1.54 bits per heavy atom. The van der Waals surface area contributed by atoms with Crippen molar-refractivity contribution < 1.29 is 13.9 Å². The number of hydrogen-bond acceptors (Lipinski definition) is 7. The molecule has 1 aliphatic heterocycles. The van der Waals surface area contributed by atoms with E-state index in [2.05, 4.69) is 15.0 Å². The van der Waals surface area contributed by atoms with Crippen molar-refractivity contribution in [3.05, 3.63) is 29.4 Å². The van der Waals surface area contributed by atoms with Gasteiger partial charge >= 0.3 is 5.97 Å². The van der Waals surface area contributed by atoms with Crippen LogP contribution in [0.2, 0.25) is 0 Å². The summed E-state index contributed by atoms with van der Waals surface area (Å²) in [5.41, 5.74) is 0.783. The van der Waals surface area contributed by atoms with E-state index in [-0.39, 0.29) is 11.9 Å². The summed E-state index contributed by atoms with van der Waals surface area (Å²) in [6.45, 7) is 4.28. The zero-order valence-corrected chi connectivity index (χ0v) is 14.4. The molecular weight excluding hydrogens is 328 g/mol. The van der Waals surface area contributed by atoms with Crippen molar-refractivity contribution >= 4 is 18.2 Å². The molecule has 0 bridgehead atoms. The largest absolute Gasteiger partial charge is 0.466 e. The van der Waals surface area contributed by atoms with Crippen LogP contribution in [0.25, 0.3) is 11.5 Å². The van der Waals surface area contributed by atoms with E-state index in [1.165, 1.54) is 0 Å². The maximum absolute atomic E-state index is 11.9. The fourth-order valence-electron chi connectivity index (χ4n) is 2.83. The molecule has 2 aromatic heterocycles. The lowest BCUT2D eigenvalue weighted by Crippen LogP contribution is -2.40. The third-order valence-corrected chi connectivity index (χ3v) is 4.27. The molecule has 1 fully saturated rings. The molecule has 3 rings (SSSR count). The van der Waals surface area contributed by atoms with E-state index in [4.69, 9.17) is 21.4 Å². The number of nitrogens with zero attached hydrogens (tertiary/aromatic N) is 4. The molecule has 0 saturated carbocycles. The Kier molecular flexibility index (Phi) is 5.37. The maximum atomic E-state index is 11.9. The number of rotatable bonds is 5. The summed E-state index contributed by atoms with van der Waals surface area (Å²) in [5, 5.41) is 4.43. The van der Waals surface area contributed by atoms with Crippen molar-refractivity contribution in [2.75, 3.05) is 19.7 Å². The number of hydrogen-bond donors (Lipinski definition) is 0. The summed E-state index contributed by atoms with van der Waals surface area (Å²) >= 11 is 5.26. The molecule has 0 unspecified atom stereocenters. The first kappa shape index (κ1) is 16.8. The van der Waals surface area contributed by atoms with E-state index in [0.29, 0.717) is 30.5 Å². The summed E-state index contributed by atoms with van der Waals surface area (Å²) in [7, 11) is 0. The highest BCUT2D eigenvalue weighted by atomic mass is 32.1. The van der Waals surface area contributed by atoms with Gasteiger partial charge in [0.25, 0.3) is 4.84 Å². The van der Waals surface area contributed by atoms with Crippen LogP contribution in [0.5, 0.6) is 0 Å². The number of esters is 1. The maximum Gasteiger partial charge on any atom is 0.310 e. The number of likely N-dealkylation sites (tertiary alicyclic amines) is 1. The first-order valence-electron chi connectivity index (χ1n) is 8.04. The number of carbonyl (C=O) groups is 1. The predicted molar refractivity (Wildman–Crippen MR) is 89.5 cm³/mol. The Balaban J connectivity index is 1.69. The first-order chi connectivity index (χ1) is 11.7. The summed E-state index contributed by atoms with van der Waals surface area (Å²) in [6, 6.07) is 3.69. The van der Waals surface area contributed by atoms with Gasteiger partial charge in [0.2, 0.25) is 5.89 Å². The number of ether oxygens (including phenoxy) is 1. The van der Waals surface area contributed by atoms with Gasteiger partial charge in [-0.1, -0.05) is 0 Å². The van der Waals surface area contributed by atoms with Crippen LogP contribution in [0.3, 0.4) is 0 Å². The zero-order chi connectivity index (χ0) is 16.9. The molecule has 0 aromatic carbocycles. The lowest BCUT2D eigenvalue weighted by atomic mass is 9.99. The number of carbonyl (C=O) groups excluding carboxylic acids is 1. The van der Waals surface area contributed by atoms with Crippen molar-refractivity contribution in [3.63, 3.8) is 0 Å². The van der Waals surface area contributed by atoms with Crippen LogP contribution < -0.4 is 0 Å². The summed E-state index contributed by atoms with van der Waals surface area (Å²) < 4.78 is 12.3. The molecule has 2 aromatic rings. The van der Waals surface area contributed by atoms with Crippen molar-refractivity contribution in [2.24, 2.45) is 5.92 Å². The van der Waals surface area contributed by atoms with Gasteiger partial charge in [-0.3, -0.25) is 14.7 Å². The van der Waals surface area contributed by atoms with Gasteiger partial charge in [-0.2, -0.15) is 0 Å². The smallest absolute Gasteiger partial charge is 0.310 e. The highest BCUT2D eigenvalue weighted by Crippen LogP contribution is 2.20. The van der Waals surface area contributed by atoms with Crippen molar-refractivity contribution in [2.45, 2.75) is 26.4 Å². The van der Waals surface area contributed by atoms with E-state index in [0.717, 1.165) is 24.9 Å². The monoisotopic (exact) mass is 348 g/mol. The Bertz CT molecular complexity index is 743. The zero-order valence-electron chi connectivity index (χ0n) is 13.6. The Morgan fingerprint density at radius 3 is 3.17 bits per heavy atom. The van der Waals surface area contributed by atoms with E-state index >= 15 is 0 Å². The van der Waals surface area contributed by atoms with Crippen LogP contribution >= 0.6 is 12.2 Å². The number of pyridine rings is 1. The molecule has 0 N–H and O–H groups in total. The fraction of sp³-hybridized carbons (Fsp3) is 0.500. The standard InChI is InChI=1S/C16H20N4O3S/c1-2-22-15(21)13-6-4-8-19(10-13)11-20-16(24)23-14(18-20)12-5-3-7-17-9-12/h3,5,7,9,13H,2,4,6,8,10-11H2,1H3/t13-/m0/s1. The third kappa shape index (κ3) is 3.88. The van der Waals surface area contributed by atoms with Crippen LogP contribution in [-0.2, 0) is 16.2 Å². The van der Waals surface area contributed by atoms with Crippen LogP contribution in [0.15, 0.2) is 28.9 Å². The minimum Gasteiger partial charge on any atom is -0.466 e. The van der Waals surface area contributed by atoms with E-state index < -0.39 is 0 Å². The van der Waals surface area contributed by atoms with E-state index in [1.54, 1.807) is 17.1 Å². The molecule has 0 spiro atoms. The van der Waals surface area contributed by atoms with Crippen molar-refractivity contribution in [3.8, 4) is 11.5 Å². The molecule has 3 heterocycles.